The summed E-state index contributed by atoms with van der Waals surface area (Å²) in [5.41, 5.74) is 0.516. The predicted molar refractivity (Wildman–Crippen MR) is 131 cm³/mol. The second-order valence-corrected chi connectivity index (χ2v) is 8.45. The van der Waals surface area contributed by atoms with Crippen molar-refractivity contribution in [1.29, 1.82) is 0 Å². The lowest BCUT2D eigenvalue weighted by atomic mass is 10.3. The minimum absolute atomic E-state index is 0.0695. The Balaban J connectivity index is 1.74. The van der Waals surface area contributed by atoms with Gasteiger partial charge in [-0.2, -0.15) is 0 Å². The number of carbonyl (C=O) groups excluding carboxylic acids is 4. The van der Waals surface area contributed by atoms with E-state index in [9.17, 15) is 19.2 Å². The molecule has 9 nitrogen and oxygen atoms in total. The molecule has 0 atom stereocenters. The Hall–Kier alpha value is -4.05. The van der Waals surface area contributed by atoms with E-state index in [1.165, 1.54) is 25.6 Å². The smallest absolute Gasteiger partial charge is 0.462 e. The van der Waals surface area contributed by atoms with E-state index in [0.717, 1.165) is 9.79 Å². The van der Waals surface area contributed by atoms with Crippen molar-refractivity contribution in [2.75, 3.05) is 19.8 Å². The molecular weight excluding hydrogens is 488 g/mol. The molecule has 0 aliphatic heterocycles. The SMILES string of the molecule is C=C(C)C(=O)OCCOC(=O)Oc1ccc(Sc2ccc(OC(=O)CCOC(=O)C(=C)C)cc2)cc1. The van der Waals surface area contributed by atoms with Crippen LogP contribution in [0.2, 0.25) is 0 Å². The summed E-state index contributed by atoms with van der Waals surface area (Å²) in [6, 6.07) is 13.6. The lowest BCUT2D eigenvalue weighted by Gasteiger charge is -2.08. The second kappa shape index (κ2) is 14.4. The molecule has 0 N–H and O–H groups in total. The van der Waals surface area contributed by atoms with Crippen LogP contribution >= 0.6 is 11.8 Å². The third-order valence-corrected chi connectivity index (χ3v) is 5.10. The highest BCUT2D eigenvalue weighted by Crippen LogP contribution is 2.30. The summed E-state index contributed by atoms with van der Waals surface area (Å²) in [5.74, 6) is -0.976. The highest BCUT2D eigenvalue weighted by atomic mass is 32.2. The number of hydrogen-bond acceptors (Lipinski definition) is 10. The Bertz CT molecular complexity index is 1110. The van der Waals surface area contributed by atoms with E-state index >= 15 is 0 Å². The number of hydrogen-bond donors (Lipinski definition) is 0. The Kier molecular flexibility index (Phi) is 11.3. The predicted octanol–water partition coefficient (Wildman–Crippen LogP) is 4.89. The fourth-order valence-corrected chi connectivity index (χ4v) is 3.15. The normalized spacial score (nSPS) is 10.1. The van der Waals surface area contributed by atoms with Gasteiger partial charge in [0.25, 0.3) is 0 Å². The van der Waals surface area contributed by atoms with Crippen molar-refractivity contribution in [3.05, 3.63) is 72.8 Å². The molecule has 0 radical (unpaired) electrons. The number of carbonyl (C=O) groups is 4. The van der Waals surface area contributed by atoms with E-state index in [-0.39, 0.29) is 37.4 Å². The van der Waals surface area contributed by atoms with Crippen molar-refractivity contribution >= 4 is 35.8 Å². The first-order valence-electron chi connectivity index (χ1n) is 10.7. The van der Waals surface area contributed by atoms with Crippen LogP contribution in [-0.4, -0.2) is 43.9 Å². The van der Waals surface area contributed by atoms with E-state index in [1.807, 2.05) is 0 Å². The number of rotatable bonds is 12. The summed E-state index contributed by atoms with van der Waals surface area (Å²) >= 11 is 1.45. The maximum atomic E-state index is 11.9. The number of esters is 3. The molecular formula is C26H26O9S. The van der Waals surface area contributed by atoms with Gasteiger partial charge >= 0.3 is 24.1 Å². The summed E-state index contributed by atoms with van der Waals surface area (Å²) in [4.78, 5) is 47.9. The Labute approximate surface area is 213 Å². The minimum Gasteiger partial charge on any atom is -0.462 e. The number of ether oxygens (including phenoxy) is 5. The van der Waals surface area contributed by atoms with E-state index in [1.54, 1.807) is 48.5 Å². The van der Waals surface area contributed by atoms with Crippen LogP contribution in [0, 0.1) is 0 Å². The van der Waals surface area contributed by atoms with Gasteiger partial charge in [-0.15, -0.1) is 0 Å². The van der Waals surface area contributed by atoms with Gasteiger partial charge in [0.15, 0.2) is 0 Å². The summed E-state index contributed by atoms with van der Waals surface area (Å²) < 4.78 is 24.8. The second-order valence-electron chi connectivity index (χ2n) is 7.30. The molecule has 10 heteroatoms. The molecule has 0 aliphatic rings. The molecule has 2 aromatic carbocycles. The van der Waals surface area contributed by atoms with Crippen molar-refractivity contribution in [3.8, 4) is 11.5 Å². The molecule has 0 bridgehead atoms. The fourth-order valence-electron chi connectivity index (χ4n) is 2.33. The molecule has 0 aromatic heterocycles. The lowest BCUT2D eigenvalue weighted by molar-refractivity contribution is -0.142. The molecule has 2 rings (SSSR count). The van der Waals surface area contributed by atoms with Crippen LogP contribution in [0.3, 0.4) is 0 Å². The van der Waals surface area contributed by atoms with E-state index < -0.39 is 24.1 Å². The van der Waals surface area contributed by atoms with Crippen molar-refractivity contribution in [1.82, 2.24) is 0 Å². The molecule has 0 saturated heterocycles. The zero-order chi connectivity index (χ0) is 26.5. The monoisotopic (exact) mass is 514 g/mol. The van der Waals surface area contributed by atoms with Gasteiger partial charge < -0.3 is 23.7 Å². The van der Waals surface area contributed by atoms with Gasteiger partial charge in [0.05, 0.1) is 6.42 Å². The van der Waals surface area contributed by atoms with Gasteiger partial charge in [0.2, 0.25) is 0 Å². The quantitative estimate of drug-likeness (QED) is 0.0968. The molecule has 0 saturated carbocycles. The Morgan fingerprint density at radius 3 is 1.61 bits per heavy atom. The van der Waals surface area contributed by atoms with E-state index in [0.29, 0.717) is 11.5 Å². The molecule has 2 aromatic rings. The first kappa shape index (κ1) is 28.2. The Morgan fingerprint density at radius 1 is 0.667 bits per heavy atom. The average Bonchev–Trinajstić information content (AvgIpc) is 2.84. The van der Waals surface area contributed by atoms with Gasteiger partial charge in [0.1, 0.15) is 31.3 Å². The van der Waals surface area contributed by atoms with Gasteiger partial charge in [0, 0.05) is 20.9 Å². The van der Waals surface area contributed by atoms with Crippen molar-refractivity contribution < 1.29 is 42.9 Å². The molecule has 0 aliphatic carbocycles. The van der Waals surface area contributed by atoms with Gasteiger partial charge in [-0.3, -0.25) is 4.79 Å². The topological polar surface area (TPSA) is 114 Å². The molecule has 0 fully saturated rings. The van der Waals surface area contributed by atoms with Crippen LogP contribution in [0.4, 0.5) is 4.79 Å². The highest BCUT2D eigenvalue weighted by Gasteiger charge is 2.10. The highest BCUT2D eigenvalue weighted by molar-refractivity contribution is 7.99. The maximum Gasteiger partial charge on any atom is 0.513 e. The first-order chi connectivity index (χ1) is 17.1. The minimum atomic E-state index is -0.916. The fraction of sp³-hybridized carbons (Fsp3) is 0.231. The zero-order valence-corrected chi connectivity index (χ0v) is 20.8. The standard InChI is InChI=1S/C26H26O9S/c1-17(2)24(28)31-14-13-23(27)34-19-5-9-21(10-6-19)36-22-11-7-20(8-12-22)35-26(30)33-16-15-32-25(29)18(3)4/h5-12H,1,3,13-16H2,2,4H3. The average molecular weight is 515 g/mol. The molecule has 190 valence electrons. The lowest BCUT2D eigenvalue weighted by Crippen LogP contribution is -2.16. The zero-order valence-electron chi connectivity index (χ0n) is 19.9. The molecule has 36 heavy (non-hydrogen) atoms. The largest absolute Gasteiger partial charge is 0.513 e. The molecule has 0 heterocycles. The molecule has 0 unspecified atom stereocenters. The maximum absolute atomic E-state index is 11.9. The van der Waals surface area contributed by atoms with Crippen LogP contribution in [-0.2, 0) is 28.6 Å². The third-order valence-electron chi connectivity index (χ3n) is 4.09. The van der Waals surface area contributed by atoms with E-state index in [4.69, 9.17) is 23.7 Å². The Morgan fingerprint density at radius 2 is 1.11 bits per heavy atom. The summed E-state index contributed by atoms with van der Waals surface area (Å²) in [5, 5.41) is 0. The van der Waals surface area contributed by atoms with Gasteiger partial charge in [-0.1, -0.05) is 24.9 Å². The van der Waals surface area contributed by atoms with Crippen LogP contribution < -0.4 is 9.47 Å². The first-order valence-corrected chi connectivity index (χ1v) is 11.5. The van der Waals surface area contributed by atoms with Gasteiger partial charge in [-0.25, -0.2) is 14.4 Å². The summed E-state index contributed by atoms with van der Waals surface area (Å²) in [6.45, 7) is 9.63. The van der Waals surface area contributed by atoms with Crippen LogP contribution in [0.15, 0.2) is 82.6 Å². The van der Waals surface area contributed by atoms with Crippen LogP contribution in [0.25, 0.3) is 0 Å². The van der Waals surface area contributed by atoms with Crippen molar-refractivity contribution in [3.63, 3.8) is 0 Å². The van der Waals surface area contributed by atoms with Gasteiger partial charge in [-0.05, 0) is 62.4 Å². The summed E-state index contributed by atoms with van der Waals surface area (Å²) in [6.07, 6.45) is -0.985. The van der Waals surface area contributed by atoms with E-state index in [2.05, 4.69) is 13.2 Å². The van der Waals surface area contributed by atoms with Crippen LogP contribution in [0.5, 0.6) is 11.5 Å². The van der Waals surface area contributed by atoms with Crippen molar-refractivity contribution in [2.45, 2.75) is 30.1 Å². The molecule has 0 spiro atoms. The molecule has 0 amide bonds. The van der Waals surface area contributed by atoms with Crippen LogP contribution in [0.1, 0.15) is 20.3 Å². The summed E-state index contributed by atoms with van der Waals surface area (Å²) in [7, 11) is 0. The van der Waals surface area contributed by atoms with Crippen molar-refractivity contribution in [2.24, 2.45) is 0 Å². The number of benzene rings is 2. The third kappa shape index (κ3) is 10.5.